The van der Waals surface area contributed by atoms with Gasteiger partial charge in [0.15, 0.2) is 0 Å². The summed E-state index contributed by atoms with van der Waals surface area (Å²) in [5.41, 5.74) is 0. The van der Waals surface area contributed by atoms with Gasteiger partial charge in [-0.25, -0.2) is 0 Å². The van der Waals surface area contributed by atoms with Crippen LogP contribution in [0.5, 0.6) is 0 Å². The number of rotatable bonds is 3. The molecular formula is C11H20Cl2N2O2. The van der Waals surface area contributed by atoms with E-state index in [1.54, 1.807) is 0 Å². The lowest BCUT2D eigenvalue weighted by Crippen LogP contribution is -2.44. The molecule has 2 rings (SSSR count). The minimum atomic E-state index is -0.0196. The fraction of sp³-hybridized carbons (Fsp3) is 0.636. The molecule has 17 heavy (non-hydrogen) atoms. The van der Waals surface area contributed by atoms with Gasteiger partial charge in [0.25, 0.3) is 0 Å². The van der Waals surface area contributed by atoms with E-state index in [1.807, 2.05) is 12.1 Å². The first-order valence-corrected chi connectivity index (χ1v) is 5.45. The third-order valence-corrected chi connectivity index (χ3v) is 2.95. The molecule has 1 aromatic heterocycles. The number of hydrogen-bond acceptors (Lipinski definition) is 4. The van der Waals surface area contributed by atoms with Crippen LogP contribution in [0.25, 0.3) is 0 Å². The van der Waals surface area contributed by atoms with Gasteiger partial charge < -0.3 is 14.8 Å². The molecule has 1 fully saturated rings. The fourth-order valence-electron chi connectivity index (χ4n) is 1.95. The quantitative estimate of drug-likeness (QED) is 0.884. The molecule has 2 N–H and O–H groups in total. The molecule has 0 unspecified atom stereocenters. The van der Waals surface area contributed by atoms with E-state index in [0.717, 1.165) is 31.9 Å². The number of halogens is 2. The predicted molar refractivity (Wildman–Crippen MR) is 72.0 cm³/mol. The summed E-state index contributed by atoms with van der Waals surface area (Å²) in [4.78, 5) is 2.39. The highest BCUT2D eigenvalue weighted by atomic mass is 35.5. The van der Waals surface area contributed by atoms with Gasteiger partial charge in [-0.2, -0.15) is 0 Å². The third kappa shape index (κ3) is 4.16. The van der Waals surface area contributed by atoms with Crippen LogP contribution in [0.2, 0.25) is 0 Å². The average molecular weight is 283 g/mol. The van der Waals surface area contributed by atoms with E-state index >= 15 is 0 Å². The van der Waals surface area contributed by atoms with Crippen molar-refractivity contribution < 1.29 is 9.52 Å². The van der Waals surface area contributed by atoms with Crippen molar-refractivity contribution in [2.24, 2.45) is 0 Å². The molecule has 0 spiro atoms. The Morgan fingerprint density at radius 1 is 1.35 bits per heavy atom. The molecule has 4 nitrogen and oxygen atoms in total. The monoisotopic (exact) mass is 282 g/mol. The van der Waals surface area contributed by atoms with E-state index in [1.165, 1.54) is 0 Å². The molecule has 1 atom stereocenters. The first-order chi connectivity index (χ1) is 7.31. The van der Waals surface area contributed by atoms with Crippen molar-refractivity contribution in [3.63, 3.8) is 0 Å². The van der Waals surface area contributed by atoms with Crippen LogP contribution in [0.1, 0.15) is 24.5 Å². The van der Waals surface area contributed by atoms with Crippen molar-refractivity contribution in [1.29, 1.82) is 0 Å². The smallest absolute Gasteiger partial charge is 0.129 e. The molecule has 1 aliphatic rings. The van der Waals surface area contributed by atoms with E-state index in [9.17, 15) is 0 Å². The second kappa shape index (κ2) is 7.95. The minimum Gasteiger partial charge on any atom is -0.462 e. The Labute approximate surface area is 114 Å². The van der Waals surface area contributed by atoms with E-state index in [-0.39, 0.29) is 31.4 Å². The highest BCUT2D eigenvalue weighted by molar-refractivity contribution is 5.85. The lowest BCUT2D eigenvalue weighted by Gasteiger charge is -2.31. The molecule has 100 valence electrons. The first kappa shape index (κ1) is 16.7. The van der Waals surface area contributed by atoms with Crippen molar-refractivity contribution in [1.82, 2.24) is 10.2 Å². The normalized spacial score (nSPS) is 18.0. The Bertz CT molecular complexity index is 314. The van der Waals surface area contributed by atoms with Crippen LogP contribution in [-0.4, -0.2) is 36.2 Å². The van der Waals surface area contributed by atoms with E-state index in [4.69, 9.17) is 9.52 Å². The number of nitrogens with one attached hydrogen (secondary N) is 1. The topological polar surface area (TPSA) is 48.6 Å². The van der Waals surface area contributed by atoms with Crippen LogP contribution in [0, 0.1) is 0 Å². The van der Waals surface area contributed by atoms with Gasteiger partial charge in [0.05, 0.1) is 6.04 Å². The number of nitrogens with zero attached hydrogens (tertiary/aromatic N) is 1. The molecular weight excluding hydrogens is 263 g/mol. The predicted octanol–water partition coefficient (Wildman–Crippen LogP) is 1.58. The molecule has 1 aromatic rings. The number of furan rings is 1. The molecule has 1 aliphatic heterocycles. The lowest BCUT2D eigenvalue weighted by molar-refractivity contribution is 0.160. The molecule has 0 aliphatic carbocycles. The molecule has 1 saturated heterocycles. The largest absolute Gasteiger partial charge is 0.462 e. The summed E-state index contributed by atoms with van der Waals surface area (Å²) in [5.74, 6) is 1.59. The molecule has 6 heteroatoms. The van der Waals surface area contributed by atoms with Crippen LogP contribution in [0.3, 0.4) is 0 Å². The highest BCUT2D eigenvalue weighted by Crippen LogP contribution is 2.22. The Morgan fingerprint density at radius 3 is 2.53 bits per heavy atom. The Hall–Kier alpha value is -0.260. The Kier molecular flexibility index (Phi) is 7.83. The number of aliphatic hydroxyl groups excluding tert-OH is 1. The van der Waals surface area contributed by atoms with Crippen molar-refractivity contribution in [2.45, 2.75) is 19.6 Å². The second-order valence-electron chi connectivity index (χ2n) is 3.92. The summed E-state index contributed by atoms with van der Waals surface area (Å²) in [6.07, 6.45) is 0. The summed E-state index contributed by atoms with van der Waals surface area (Å²) in [6, 6.07) is 4.10. The van der Waals surface area contributed by atoms with Gasteiger partial charge in [0, 0.05) is 26.2 Å². The van der Waals surface area contributed by atoms with Gasteiger partial charge in [0.2, 0.25) is 0 Å². The zero-order valence-electron chi connectivity index (χ0n) is 9.89. The molecule has 0 amide bonds. The first-order valence-electron chi connectivity index (χ1n) is 5.45. The van der Waals surface area contributed by atoms with Crippen LogP contribution in [-0.2, 0) is 6.61 Å². The zero-order chi connectivity index (χ0) is 10.7. The molecule has 0 saturated carbocycles. The lowest BCUT2D eigenvalue weighted by atomic mass is 10.2. The van der Waals surface area contributed by atoms with E-state index < -0.39 is 0 Å². The summed E-state index contributed by atoms with van der Waals surface area (Å²) in [5, 5.41) is 12.3. The van der Waals surface area contributed by atoms with E-state index in [2.05, 4.69) is 17.1 Å². The summed E-state index contributed by atoms with van der Waals surface area (Å²) in [7, 11) is 0. The zero-order valence-corrected chi connectivity index (χ0v) is 11.5. The third-order valence-electron chi connectivity index (χ3n) is 2.95. The maximum absolute atomic E-state index is 8.93. The SMILES string of the molecule is C[C@@H](c1ccc(CO)o1)N1CCNCC1.Cl.Cl. The van der Waals surface area contributed by atoms with Crippen molar-refractivity contribution in [3.8, 4) is 0 Å². The van der Waals surface area contributed by atoms with Gasteiger partial charge in [-0.15, -0.1) is 24.8 Å². The van der Waals surface area contributed by atoms with Gasteiger partial charge in [-0.05, 0) is 19.1 Å². The molecule has 0 bridgehead atoms. The average Bonchev–Trinajstić information content (AvgIpc) is 2.78. The number of aliphatic hydroxyl groups is 1. The van der Waals surface area contributed by atoms with Gasteiger partial charge in [0.1, 0.15) is 18.1 Å². The Morgan fingerprint density at radius 2 is 2.00 bits per heavy atom. The standard InChI is InChI=1S/C11H18N2O2.2ClH/c1-9(13-6-4-12-5-7-13)11-3-2-10(8-14)15-11;;/h2-3,9,12,14H,4-8H2,1H3;2*1H/t9-;;/m0../s1. The van der Waals surface area contributed by atoms with Crippen molar-refractivity contribution >= 4 is 24.8 Å². The van der Waals surface area contributed by atoms with Gasteiger partial charge in [-0.3, -0.25) is 4.90 Å². The molecule has 0 aromatic carbocycles. The van der Waals surface area contributed by atoms with Crippen molar-refractivity contribution in [2.75, 3.05) is 26.2 Å². The van der Waals surface area contributed by atoms with Crippen molar-refractivity contribution in [3.05, 3.63) is 23.7 Å². The molecule has 0 radical (unpaired) electrons. The highest BCUT2D eigenvalue weighted by Gasteiger charge is 2.20. The van der Waals surface area contributed by atoms with Crippen LogP contribution < -0.4 is 5.32 Å². The van der Waals surface area contributed by atoms with Crippen LogP contribution >= 0.6 is 24.8 Å². The van der Waals surface area contributed by atoms with Crippen LogP contribution in [0.4, 0.5) is 0 Å². The molecule has 2 heterocycles. The second-order valence-corrected chi connectivity index (χ2v) is 3.92. The van der Waals surface area contributed by atoms with Crippen LogP contribution in [0.15, 0.2) is 16.5 Å². The maximum Gasteiger partial charge on any atom is 0.129 e. The van der Waals surface area contributed by atoms with Gasteiger partial charge in [-0.1, -0.05) is 0 Å². The van der Waals surface area contributed by atoms with E-state index in [0.29, 0.717) is 11.8 Å². The number of piperazine rings is 1. The summed E-state index contributed by atoms with van der Waals surface area (Å²) < 4.78 is 5.54. The number of hydrogen-bond donors (Lipinski definition) is 2. The summed E-state index contributed by atoms with van der Waals surface area (Å²) >= 11 is 0. The summed E-state index contributed by atoms with van der Waals surface area (Å²) in [6.45, 7) is 6.31. The Balaban J connectivity index is 0.00000128. The minimum absolute atomic E-state index is 0. The maximum atomic E-state index is 8.93. The fourth-order valence-corrected chi connectivity index (χ4v) is 1.95. The van der Waals surface area contributed by atoms with Gasteiger partial charge >= 0.3 is 0 Å².